The van der Waals surface area contributed by atoms with Crippen LogP contribution in [0, 0.1) is 5.82 Å². The smallest absolute Gasteiger partial charge is 0.260 e. The fraction of sp³-hybridized carbons (Fsp3) is 0.250. The monoisotopic (exact) mass is 252 g/mol. The molecule has 2 aromatic rings. The number of nitrogens with zero attached hydrogens (tertiary/aromatic N) is 1. The lowest BCUT2D eigenvalue weighted by Crippen LogP contribution is -2.13. The van der Waals surface area contributed by atoms with Crippen LogP contribution in [0.4, 0.5) is 4.39 Å². The van der Waals surface area contributed by atoms with Crippen LogP contribution in [0.5, 0.6) is 0 Å². The average molecular weight is 252 g/mol. The fourth-order valence-corrected chi connectivity index (χ4v) is 2.36. The zero-order valence-corrected chi connectivity index (χ0v) is 10.4. The fourth-order valence-electron chi connectivity index (χ4n) is 1.46. The minimum Gasteiger partial charge on any atom is -0.440 e. The van der Waals surface area contributed by atoms with Crippen molar-refractivity contribution in [1.29, 1.82) is 0 Å². The SMILES string of the molecule is CNC(C)c1cc(F)ccc1Sc1ncco1. The summed E-state index contributed by atoms with van der Waals surface area (Å²) in [5.41, 5.74) is 0.899. The van der Waals surface area contributed by atoms with Crippen molar-refractivity contribution in [2.24, 2.45) is 0 Å². The number of hydrogen-bond acceptors (Lipinski definition) is 4. The quantitative estimate of drug-likeness (QED) is 0.906. The van der Waals surface area contributed by atoms with Crippen molar-refractivity contribution in [3.8, 4) is 0 Å². The Balaban J connectivity index is 2.32. The molecule has 0 spiro atoms. The van der Waals surface area contributed by atoms with Gasteiger partial charge in [-0.2, -0.15) is 0 Å². The van der Waals surface area contributed by atoms with Crippen LogP contribution in [0.25, 0.3) is 0 Å². The highest BCUT2D eigenvalue weighted by Gasteiger charge is 2.13. The van der Waals surface area contributed by atoms with Crippen LogP contribution in [0.15, 0.2) is 45.2 Å². The first-order valence-corrected chi connectivity index (χ1v) is 6.06. The van der Waals surface area contributed by atoms with Crippen molar-refractivity contribution in [3.05, 3.63) is 42.0 Å². The molecule has 2 rings (SSSR count). The minimum atomic E-state index is -0.237. The molecule has 90 valence electrons. The van der Waals surface area contributed by atoms with E-state index in [0.717, 1.165) is 10.5 Å². The summed E-state index contributed by atoms with van der Waals surface area (Å²) in [6.07, 6.45) is 3.11. The molecule has 0 aliphatic heterocycles. The molecule has 3 nitrogen and oxygen atoms in total. The summed E-state index contributed by atoms with van der Waals surface area (Å²) in [4.78, 5) is 4.98. The number of oxazole rings is 1. The molecular weight excluding hydrogens is 239 g/mol. The second-order valence-electron chi connectivity index (χ2n) is 3.59. The summed E-state index contributed by atoms with van der Waals surface area (Å²) in [5.74, 6) is -0.237. The Morgan fingerprint density at radius 1 is 1.47 bits per heavy atom. The van der Waals surface area contributed by atoms with Crippen LogP contribution in [-0.2, 0) is 0 Å². The van der Waals surface area contributed by atoms with Crippen LogP contribution >= 0.6 is 11.8 Å². The number of rotatable bonds is 4. The van der Waals surface area contributed by atoms with Gasteiger partial charge in [-0.3, -0.25) is 0 Å². The molecule has 17 heavy (non-hydrogen) atoms. The van der Waals surface area contributed by atoms with E-state index in [9.17, 15) is 4.39 Å². The van der Waals surface area contributed by atoms with Gasteiger partial charge in [0.15, 0.2) is 0 Å². The number of nitrogens with one attached hydrogen (secondary N) is 1. The van der Waals surface area contributed by atoms with Gasteiger partial charge in [-0.15, -0.1) is 0 Å². The van der Waals surface area contributed by atoms with Crippen LogP contribution in [-0.4, -0.2) is 12.0 Å². The Kier molecular flexibility index (Phi) is 3.81. The van der Waals surface area contributed by atoms with Gasteiger partial charge in [-0.25, -0.2) is 9.37 Å². The van der Waals surface area contributed by atoms with Gasteiger partial charge in [-0.05, 0) is 49.5 Å². The molecule has 0 aliphatic rings. The Morgan fingerprint density at radius 2 is 2.29 bits per heavy atom. The lowest BCUT2D eigenvalue weighted by Gasteiger charge is -2.14. The Bertz CT molecular complexity index is 487. The van der Waals surface area contributed by atoms with Crippen LogP contribution in [0.2, 0.25) is 0 Å². The summed E-state index contributed by atoms with van der Waals surface area (Å²) in [6, 6.07) is 4.79. The van der Waals surface area contributed by atoms with Gasteiger partial charge in [0.2, 0.25) is 0 Å². The summed E-state index contributed by atoms with van der Waals surface area (Å²) in [5, 5.41) is 3.65. The molecule has 1 unspecified atom stereocenters. The predicted molar refractivity (Wildman–Crippen MR) is 64.5 cm³/mol. The minimum absolute atomic E-state index is 0.0724. The van der Waals surface area contributed by atoms with E-state index in [2.05, 4.69) is 10.3 Å². The largest absolute Gasteiger partial charge is 0.440 e. The number of halogens is 1. The summed E-state index contributed by atoms with van der Waals surface area (Å²) in [6.45, 7) is 1.98. The van der Waals surface area contributed by atoms with Crippen molar-refractivity contribution in [2.75, 3.05) is 7.05 Å². The van der Waals surface area contributed by atoms with E-state index in [1.165, 1.54) is 30.2 Å². The molecule has 0 fully saturated rings. The van der Waals surface area contributed by atoms with E-state index in [1.807, 2.05) is 14.0 Å². The first kappa shape index (κ1) is 12.1. The standard InChI is InChI=1S/C12H13FN2OS/c1-8(14-2)10-7-9(13)3-4-11(10)17-12-15-5-6-16-12/h3-8,14H,1-2H3. The molecule has 0 radical (unpaired) electrons. The Labute approximate surface area is 103 Å². The zero-order chi connectivity index (χ0) is 12.3. The zero-order valence-electron chi connectivity index (χ0n) is 9.61. The third-order valence-electron chi connectivity index (χ3n) is 2.48. The van der Waals surface area contributed by atoms with Crippen molar-refractivity contribution in [3.63, 3.8) is 0 Å². The molecule has 0 saturated carbocycles. The molecule has 0 aliphatic carbocycles. The van der Waals surface area contributed by atoms with Gasteiger partial charge in [0.05, 0.1) is 6.20 Å². The highest BCUT2D eigenvalue weighted by atomic mass is 32.2. The first-order chi connectivity index (χ1) is 8.20. The normalized spacial score (nSPS) is 12.6. The molecule has 1 aromatic carbocycles. The molecule has 1 heterocycles. The van der Waals surface area contributed by atoms with E-state index >= 15 is 0 Å². The lowest BCUT2D eigenvalue weighted by atomic mass is 10.1. The van der Waals surface area contributed by atoms with Gasteiger partial charge >= 0.3 is 0 Å². The third-order valence-corrected chi connectivity index (χ3v) is 3.45. The van der Waals surface area contributed by atoms with Crippen molar-refractivity contribution < 1.29 is 8.81 Å². The molecule has 0 bridgehead atoms. The van der Waals surface area contributed by atoms with Gasteiger partial charge in [-0.1, -0.05) is 0 Å². The third kappa shape index (κ3) is 2.87. The Morgan fingerprint density at radius 3 is 2.94 bits per heavy atom. The van der Waals surface area contributed by atoms with Crippen LogP contribution in [0.1, 0.15) is 18.5 Å². The summed E-state index contributed by atoms with van der Waals surface area (Å²) < 4.78 is 18.4. The van der Waals surface area contributed by atoms with Crippen LogP contribution in [0.3, 0.4) is 0 Å². The Hall–Kier alpha value is -1.33. The van der Waals surface area contributed by atoms with E-state index < -0.39 is 0 Å². The van der Waals surface area contributed by atoms with Gasteiger partial charge in [0.25, 0.3) is 5.22 Å². The molecule has 1 aromatic heterocycles. The van der Waals surface area contributed by atoms with Crippen molar-refractivity contribution >= 4 is 11.8 Å². The molecule has 0 amide bonds. The molecule has 1 atom stereocenters. The first-order valence-electron chi connectivity index (χ1n) is 5.24. The summed E-state index contributed by atoms with van der Waals surface area (Å²) >= 11 is 1.39. The van der Waals surface area contributed by atoms with Crippen LogP contribution < -0.4 is 5.32 Å². The van der Waals surface area contributed by atoms with E-state index in [0.29, 0.717) is 5.22 Å². The second-order valence-corrected chi connectivity index (χ2v) is 4.59. The average Bonchev–Trinajstić information content (AvgIpc) is 2.83. The van der Waals surface area contributed by atoms with E-state index in [-0.39, 0.29) is 11.9 Å². The lowest BCUT2D eigenvalue weighted by molar-refractivity contribution is 0.454. The number of hydrogen-bond donors (Lipinski definition) is 1. The summed E-state index contributed by atoms with van der Waals surface area (Å²) in [7, 11) is 1.84. The van der Waals surface area contributed by atoms with Gasteiger partial charge in [0, 0.05) is 10.9 Å². The maximum atomic E-state index is 13.2. The van der Waals surface area contributed by atoms with Gasteiger partial charge in [0.1, 0.15) is 12.1 Å². The van der Waals surface area contributed by atoms with Crippen molar-refractivity contribution in [2.45, 2.75) is 23.1 Å². The van der Waals surface area contributed by atoms with Gasteiger partial charge < -0.3 is 9.73 Å². The van der Waals surface area contributed by atoms with E-state index in [4.69, 9.17) is 4.42 Å². The number of aromatic nitrogens is 1. The number of benzene rings is 1. The maximum absolute atomic E-state index is 13.2. The molecule has 0 saturated heterocycles. The molecular formula is C12H13FN2OS. The predicted octanol–water partition coefficient (Wildman–Crippen LogP) is 3.25. The van der Waals surface area contributed by atoms with Crippen molar-refractivity contribution in [1.82, 2.24) is 10.3 Å². The highest BCUT2D eigenvalue weighted by molar-refractivity contribution is 7.99. The topological polar surface area (TPSA) is 38.1 Å². The second kappa shape index (κ2) is 5.33. The highest BCUT2D eigenvalue weighted by Crippen LogP contribution is 2.32. The van der Waals surface area contributed by atoms with E-state index in [1.54, 1.807) is 12.3 Å². The molecule has 5 heteroatoms. The maximum Gasteiger partial charge on any atom is 0.260 e. The molecule has 1 N–H and O–H groups in total.